The highest BCUT2D eigenvalue weighted by Gasteiger charge is 2.06. The SMILES string of the molecule is CC(=O)CCC(=O)NCCNC(=O)c1ccc(F)cc1. The van der Waals surface area contributed by atoms with Crippen molar-refractivity contribution in [2.75, 3.05) is 13.1 Å². The van der Waals surface area contributed by atoms with Crippen LogP contribution in [0, 0.1) is 5.82 Å². The number of nitrogens with one attached hydrogen (secondary N) is 2. The Hall–Kier alpha value is -2.24. The third-order valence-corrected chi connectivity index (χ3v) is 2.54. The van der Waals surface area contributed by atoms with Crippen molar-refractivity contribution in [3.63, 3.8) is 0 Å². The lowest BCUT2D eigenvalue weighted by Crippen LogP contribution is -2.34. The van der Waals surface area contributed by atoms with Gasteiger partial charge in [0.15, 0.2) is 0 Å². The normalized spacial score (nSPS) is 9.90. The summed E-state index contributed by atoms with van der Waals surface area (Å²) in [5.74, 6) is -0.997. The van der Waals surface area contributed by atoms with E-state index in [-0.39, 0.29) is 43.5 Å². The Labute approximate surface area is 116 Å². The van der Waals surface area contributed by atoms with Gasteiger partial charge in [0.2, 0.25) is 5.91 Å². The van der Waals surface area contributed by atoms with Crippen molar-refractivity contribution < 1.29 is 18.8 Å². The van der Waals surface area contributed by atoms with Crippen LogP contribution >= 0.6 is 0 Å². The maximum absolute atomic E-state index is 12.7. The molecule has 1 aromatic carbocycles. The second-order valence-corrected chi connectivity index (χ2v) is 4.31. The van der Waals surface area contributed by atoms with Crippen LogP contribution in [-0.2, 0) is 9.59 Å². The van der Waals surface area contributed by atoms with Crippen LogP contribution in [0.25, 0.3) is 0 Å². The van der Waals surface area contributed by atoms with Crippen molar-refractivity contribution in [3.05, 3.63) is 35.6 Å². The van der Waals surface area contributed by atoms with Gasteiger partial charge in [0.05, 0.1) is 0 Å². The summed E-state index contributed by atoms with van der Waals surface area (Å²) in [5, 5.41) is 5.18. The molecule has 0 bridgehead atoms. The number of halogens is 1. The summed E-state index contributed by atoms with van der Waals surface area (Å²) in [4.78, 5) is 33.6. The van der Waals surface area contributed by atoms with Crippen molar-refractivity contribution in [1.29, 1.82) is 0 Å². The number of carbonyl (C=O) groups is 3. The Morgan fingerprint density at radius 3 is 2.20 bits per heavy atom. The van der Waals surface area contributed by atoms with E-state index in [1.54, 1.807) is 0 Å². The average Bonchev–Trinajstić information content (AvgIpc) is 2.42. The van der Waals surface area contributed by atoms with Gasteiger partial charge in [0, 0.05) is 31.5 Å². The molecule has 0 saturated carbocycles. The van der Waals surface area contributed by atoms with Gasteiger partial charge >= 0.3 is 0 Å². The number of ketones is 1. The van der Waals surface area contributed by atoms with Gasteiger partial charge in [-0.2, -0.15) is 0 Å². The second kappa shape index (κ2) is 8.04. The third-order valence-electron chi connectivity index (χ3n) is 2.54. The lowest BCUT2D eigenvalue weighted by Gasteiger charge is -2.06. The van der Waals surface area contributed by atoms with E-state index in [9.17, 15) is 18.8 Å². The van der Waals surface area contributed by atoms with E-state index in [4.69, 9.17) is 0 Å². The van der Waals surface area contributed by atoms with Crippen molar-refractivity contribution in [2.24, 2.45) is 0 Å². The zero-order valence-corrected chi connectivity index (χ0v) is 11.2. The average molecular weight is 280 g/mol. The summed E-state index contributed by atoms with van der Waals surface area (Å²) in [7, 11) is 0. The summed E-state index contributed by atoms with van der Waals surface area (Å²) < 4.78 is 12.7. The number of Topliss-reactive ketones (excluding diaryl/α,β-unsaturated/α-hetero) is 1. The highest BCUT2D eigenvalue weighted by molar-refractivity contribution is 5.94. The summed E-state index contributed by atoms with van der Waals surface area (Å²) in [6.07, 6.45) is 0.370. The van der Waals surface area contributed by atoms with Crippen molar-refractivity contribution in [3.8, 4) is 0 Å². The molecular weight excluding hydrogens is 263 g/mol. The number of hydrogen-bond donors (Lipinski definition) is 2. The van der Waals surface area contributed by atoms with Crippen molar-refractivity contribution in [1.82, 2.24) is 10.6 Å². The lowest BCUT2D eigenvalue weighted by atomic mass is 10.2. The highest BCUT2D eigenvalue weighted by Crippen LogP contribution is 2.01. The molecule has 0 aliphatic rings. The van der Waals surface area contributed by atoms with Crippen LogP contribution in [0.15, 0.2) is 24.3 Å². The van der Waals surface area contributed by atoms with E-state index in [0.717, 1.165) is 0 Å². The number of carbonyl (C=O) groups excluding carboxylic acids is 3. The van der Waals surface area contributed by atoms with E-state index >= 15 is 0 Å². The number of hydrogen-bond acceptors (Lipinski definition) is 3. The Bertz CT molecular complexity index is 486. The summed E-state index contributed by atoms with van der Waals surface area (Å²) >= 11 is 0. The molecule has 0 spiro atoms. The number of amides is 2. The largest absolute Gasteiger partial charge is 0.354 e. The van der Waals surface area contributed by atoms with Gasteiger partial charge in [0.25, 0.3) is 5.91 Å². The molecule has 0 aromatic heterocycles. The minimum absolute atomic E-state index is 0.0373. The summed E-state index contributed by atoms with van der Waals surface area (Å²) in [6.45, 7) is 1.97. The van der Waals surface area contributed by atoms with Gasteiger partial charge in [-0.25, -0.2) is 4.39 Å². The number of benzene rings is 1. The first kappa shape index (κ1) is 15.8. The molecule has 0 heterocycles. The Balaban J connectivity index is 2.20. The molecule has 20 heavy (non-hydrogen) atoms. The molecule has 2 N–H and O–H groups in total. The van der Waals surface area contributed by atoms with E-state index in [0.29, 0.717) is 5.56 Å². The maximum atomic E-state index is 12.7. The van der Waals surface area contributed by atoms with Crippen LogP contribution in [0.4, 0.5) is 4.39 Å². The van der Waals surface area contributed by atoms with Crippen LogP contribution in [-0.4, -0.2) is 30.7 Å². The zero-order chi connectivity index (χ0) is 15.0. The molecule has 0 aliphatic heterocycles. The fourth-order valence-electron chi connectivity index (χ4n) is 1.46. The fraction of sp³-hybridized carbons (Fsp3) is 0.357. The van der Waals surface area contributed by atoms with Gasteiger partial charge in [-0.15, -0.1) is 0 Å². The quantitative estimate of drug-likeness (QED) is 0.733. The van der Waals surface area contributed by atoms with Gasteiger partial charge in [-0.05, 0) is 31.2 Å². The zero-order valence-electron chi connectivity index (χ0n) is 11.2. The first-order valence-corrected chi connectivity index (χ1v) is 6.29. The molecule has 0 radical (unpaired) electrons. The molecule has 108 valence electrons. The molecule has 1 aromatic rings. The van der Waals surface area contributed by atoms with Gasteiger partial charge < -0.3 is 15.4 Å². The minimum atomic E-state index is -0.403. The standard InChI is InChI=1S/C14H17FN2O3/c1-10(18)2-7-13(19)16-8-9-17-14(20)11-3-5-12(15)6-4-11/h3-6H,2,7-9H2,1H3,(H,16,19)(H,17,20). The minimum Gasteiger partial charge on any atom is -0.354 e. The topological polar surface area (TPSA) is 75.3 Å². The van der Waals surface area contributed by atoms with E-state index < -0.39 is 5.82 Å². The molecule has 0 aliphatic carbocycles. The monoisotopic (exact) mass is 280 g/mol. The van der Waals surface area contributed by atoms with Crippen LogP contribution in [0.3, 0.4) is 0 Å². The molecule has 1 rings (SSSR count). The third kappa shape index (κ3) is 6.08. The van der Waals surface area contributed by atoms with E-state index in [2.05, 4.69) is 10.6 Å². The van der Waals surface area contributed by atoms with Gasteiger partial charge in [-0.1, -0.05) is 0 Å². The molecule has 5 nitrogen and oxygen atoms in total. The summed E-state index contributed by atoms with van der Waals surface area (Å²) in [6, 6.07) is 5.18. The Kier molecular flexibility index (Phi) is 6.36. The lowest BCUT2D eigenvalue weighted by molar-refractivity contribution is -0.124. The molecular formula is C14H17FN2O3. The maximum Gasteiger partial charge on any atom is 0.251 e. The molecule has 6 heteroatoms. The van der Waals surface area contributed by atoms with Crippen LogP contribution in [0.2, 0.25) is 0 Å². The van der Waals surface area contributed by atoms with Crippen molar-refractivity contribution in [2.45, 2.75) is 19.8 Å². The number of rotatable bonds is 7. The molecule has 0 fully saturated rings. The first-order chi connectivity index (χ1) is 9.49. The van der Waals surface area contributed by atoms with Crippen LogP contribution < -0.4 is 10.6 Å². The molecule has 2 amide bonds. The molecule has 0 saturated heterocycles. The Morgan fingerprint density at radius 1 is 1.00 bits per heavy atom. The summed E-state index contributed by atoms with van der Waals surface area (Å²) in [5.41, 5.74) is 0.356. The van der Waals surface area contributed by atoms with E-state index in [1.807, 2.05) is 0 Å². The molecule has 0 unspecified atom stereocenters. The van der Waals surface area contributed by atoms with E-state index in [1.165, 1.54) is 31.2 Å². The van der Waals surface area contributed by atoms with Crippen molar-refractivity contribution >= 4 is 17.6 Å². The highest BCUT2D eigenvalue weighted by atomic mass is 19.1. The fourth-order valence-corrected chi connectivity index (χ4v) is 1.46. The Morgan fingerprint density at radius 2 is 1.60 bits per heavy atom. The predicted molar refractivity (Wildman–Crippen MR) is 71.7 cm³/mol. The first-order valence-electron chi connectivity index (χ1n) is 6.29. The van der Waals surface area contributed by atoms with Gasteiger partial charge in [0.1, 0.15) is 11.6 Å². The van der Waals surface area contributed by atoms with Crippen LogP contribution in [0.5, 0.6) is 0 Å². The van der Waals surface area contributed by atoms with Crippen LogP contribution in [0.1, 0.15) is 30.1 Å². The smallest absolute Gasteiger partial charge is 0.251 e. The van der Waals surface area contributed by atoms with Gasteiger partial charge in [-0.3, -0.25) is 9.59 Å². The second-order valence-electron chi connectivity index (χ2n) is 4.31. The molecule has 0 atom stereocenters. The predicted octanol–water partition coefficient (Wildman–Crippen LogP) is 1.04.